The number of H-pyrrole nitrogens is 1. The van der Waals surface area contributed by atoms with E-state index < -0.39 is 5.82 Å². The first-order chi connectivity index (χ1) is 12.5. The van der Waals surface area contributed by atoms with E-state index in [0.29, 0.717) is 21.6 Å². The van der Waals surface area contributed by atoms with Gasteiger partial charge >= 0.3 is 0 Å². The molecule has 1 amide bonds. The van der Waals surface area contributed by atoms with Crippen molar-refractivity contribution >= 4 is 29.3 Å². The lowest BCUT2D eigenvalue weighted by Gasteiger charge is -2.18. The second-order valence-corrected chi connectivity index (χ2v) is 6.92. The number of aromatic nitrogens is 3. The van der Waals surface area contributed by atoms with E-state index >= 15 is 0 Å². The van der Waals surface area contributed by atoms with E-state index in [4.69, 9.17) is 11.6 Å². The van der Waals surface area contributed by atoms with Gasteiger partial charge in [0.1, 0.15) is 5.82 Å². The van der Waals surface area contributed by atoms with Gasteiger partial charge in [-0.1, -0.05) is 59.8 Å². The molecule has 0 atom stereocenters. The molecule has 134 valence electrons. The van der Waals surface area contributed by atoms with Crippen LogP contribution in [0.3, 0.4) is 0 Å². The Kier molecular flexibility index (Phi) is 5.90. The molecule has 0 fully saturated rings. The van der Waals surface area contributed by atoms with Gasteiger partial charge in [0.25, 0.3) is 0 Å². The normalized spacial score (nSPS) is 10.7. The maximum Gasteiger partial charge on any atom is 0.233 e. The summed E-state index contributed by atoms with van der Waals surface area (Å²) in [6.45, 7) is 0.105. The van der Waals surface area contributed by atoms with Gasteiger partial charge in [0, 0.05) is 29.7 Å². The topological polar surface area (TPSA) is 61.9 Å². The Morgan fingerprint density at radius 3 is 2.73 bits per heavy atom. The molecule has 0 spiro atoms. The molecule has 1 N–H and O–H groups in total. The fourth-order valence-electron chi connectivity index (χ4n) is 2.28. The van der Waals surface area contributed by atoms with Crippen molar-refractivity contribution in [2.45, 2.75) is 11.7 Å². The van der Waals surface area contributed by atoms with Gasteiger partial charge in [0.15, 0.2) is 5.82 Å². The molecule has 0 radical (unpaired) electrons. The van der Waals surface area contributed by atoms with Crippen LogP contribution in [0.2, 0.25) is 5.02 Å². The molecule has 0 unspecified atom stereocenters. The number of aromatic amines is 1. The van der Waals surface area contributed by atoms with Crippen molar-refractivity contribution in [1.29, 1.82) is 0 Å². The first-order valence-electron chi connectivity index (χ1n) is 7.82. The lowest BCUT2D eigenvalue weighted by Crippen LogP contribution is -2.28. The highest BCUT2D eigenvalue weighted by molar-refractivity contribution is 7.99. The van der Waals surface area contributed by atoms with Crippen molar-refractivity contribution in [2.24, 2.45) is 0 Å². The minimum atomic E-state index is -0.425. The van der Waals surface area contributed by atoms with Crippen molar-refractivity contribution in [3.05, 3.63) is 64.9 Å². The molecule has 0 aliphatic rings. The number of carbonyl (C=O) groups is 1. The van der Waals surface area contributed by atoms with Crippen LogP contribution >= 0.6 is 23.4 Å². The molecule has 3 rings (SSSR count). The van der Waals surface area contributed by atoms with Crippen LogP contribution < -0.4 is 0 Å². The zero-order valence-corrected chi connectivity index (χ0v) is 15.5. The molecule has 1 aromatic heterocycles. The summed E-state index contributed by atoms with van der Waals surface area (Å²) in [6, 6.07) is 14.1. The smallest absolute Gasteiger partial charge is 0.233 e. The summed E-state index contributed by atoms with van der Waals surface area (Å²) in [7, 11) is 1.61. The van der Waals surface area contributed by atoms with Crippen LogP contribution in [0.1, 0.15) is 5.56 Å². The molecule has 0 bridgehead atoms. The lowest BCUT2D eigenvalue weighted by atomic mass is 10.2. The molecule has 1 heterocycles. The summed E-state index contributed by atoms with van der Waals surface area (Å²) in [4.78, 5) is 18.1. The predicted octanol–water partition coefficient (Wildman–Crippen LogP) is 4.01. The Bertz CT molecular complexity index is 883. The van der Waals surface area contributed by atoms with E-state index in [1.807, 2.05) is 30.3 Å². The molecule has 5 nitrogen and oxygen atoms in total. The fourth-order valence-corrected chi connectivity index (χ4v) is 3.24. The number of carbonyl (C=O) groups excluding carboxylic acids is 1. The van der Waals surface area contributed by atoms with Crippen LogP contribution in [-0.4, -0.2) is 38.8 Å². The number of amides is 1. The van der Waals surface area contributed by atoms with Gasteiger partial charge in [-0.25, -0.2) is 9.37 Å². The maximum absolute atomic E-state index is 13.8. The number of thioether (sulfide) groups is 1. The Morgan fingerprint density at radius 1 is 1.23 bits per heavy atom. The molecule has 8 heteroatoms. The quantitative estimate of drug-likeness (QED) is 0.646. The first-order valence-corrected chi connectivity index (χ1v) is 9.18. The number of nitrogens with one attached hydrogen (secondary N) is 1. The standard InChI is InChI=1S/C18H16ClFN4OS/c1-24(10-13-14(19)8-5-9-15(13)20)16(25)11-26-18-21-17(22-23-18)12-6-3-2-4-7-12/h2-9H,10-11H2,1H3,(H,21,22,23). The number of nitrogens with zero attached hydrogens (tertiary/aromatic N) is 3. The van der Waals surface area contributed by atoms with Crippen molar-refractivity contribution < 1.29 is 9.18 Å². The highest BCUT2D eigenvalue weighted by Crippen LogP contribution is 2.22. The van der Waals surface area contributed by atoms with Crippen LogP contribution in [0.5, 0.6) is 0 Å². The molecule has 2 aromatic carbocycles. The van der Waals surface area contributed by atoms with Gasteiger partial charge in [-0.2, -0.15) is 0 Å². The number of halogens is 2. The molecular weight excluding hydrogens is 375 g/mol. The largest absolute Gasteiger partial charge is 0.341 e. The summed E-state index contributed by atoms with van der Waals surface area (Å²) < 4.78 is 13.8. The predicted molar refractivity (Wildman–Crippen MR) is 100 cm³/mol. The molecule has 0 aliphatic heterocycles. The third-order valence-electron chi connectivity index (χ3n) is 3.72. The van der Waals surface area contributed by atoms with Gasteiger partial charge in [-0.3, -0.25) is 9.89 Å². The number of rotatable bonds is 6. The summed E-state index contributed by atoms with van der Waals surface area (Å²) in [5, 5.41) is 7.75. The number of benzene rings is 2. The van der Waals surface area contributed by atoms with Crippen LogP contribution in [0.4, 0.5) is 4.39 Å². The molecule has 0 aliphatic carbocycles. The molecule has 0 saturated carbocycles. The SMILES string of the molecule is CN(Cc1c(F)cccc1Cl)C(=O)CSc1n[nH]c(-c2ccccc2)n1. The van der Waals surface area contributed by atoms with Crippen LogP contribution in [0.25, 0.3) is 11.4 Å². The number of hydrogen-bond acceptors (Lipinski definition) is 4. The Hall–Kier alpha value is -2.38. The maximum atomic E-state index is 13.8. The summed E-state index contributed by atoms with van der Waals surface area (Å²) >= 11 is 7.22. The van der Waals surface area contributed by atoms with Gasteiger partial charge < -0.3 is 4.90 Å². The Balaban J connectivity index is 1.58. The van der Waals surface area contributed by atoms with E-state index in [9.17, 15) is 9.18 Å². The van der Waals surface area contributed by atoms with Crippen LogP contribution in [0, 0.1) is 5.82 Å². The van der Waals surface area contributed by atoms with E-state index in [0.717, 1.165) is 5.56 Å². The highest BCUT2D eigenvalue weighted by atomic mass is 35.5. The van der Waals surface area contributed by atoms with E-state index in [1.165, 1.54) is 28.8 Å². The third-order valence-corrected chi connectivity index (χ3v) is 4.91. The molecule has 0 saturated heterocycles. The minimum Gasteiger partial charge on any atom is -0.341 e. The summed E-state index contributed by atoms with van der Waals surface area (Å²) in [5.74, 6) is 0.202. The van der Waals surface area contributed by atoms with Gasteiger partial charge in [-0.05, 0) is 12.1 Å². The van der Waals surface area contributed by atoms with Crippen LogP contribution in [-0.2, 0) is 11.3 Å². The molecule has 26 heavy (non-hydrogen) atoms. The monoisotopic (exact) mass is 390 g/mol. The van der Waals surface area contributed by atoms with Crippen LogP contribution in [0.15, 0.2) is 53.7 Å². The Morgan fingerprint density at radius 2 is 2.00 bits per heavy atom. The molecular formula is C18H16ClFN4OS. The highest BCUT2D eigenvalue weighted by Gasteiger charge is 2.16. The first kappa shape index (κ1) is 18.4. The van der Waals surface area contributed by atoms with Crippen molar-refractivity contribution in [3.63, 3.8) is 0 Å². The van der Waals surface area contributed by atoms with Crippen molar-refractivity contribution in [3.8, 4) is 11.4 Å². The third kappa shape index (κ3) is 4.42. The van der Waals surface area contributed by atoms with Crippen molar-refractivity contribution in [1.82, 2.24) is 20.1 Å². The molecule has 3 aromatic rings. The van der Waals surface area contributed by atoms with E-state index in [-0.39, 0.29) is 18.2 Å². The van der Waals surface area contributed by atoms with E-state index in [1.54, 1.807) is 13.1 Å². The van der Waals surface area contributed by atoms with Gasteiger partial charge in [0.05, 0.1) is 5.75 Å². The Labute approximate surface area is 159 Å². The zero-order chi connectivity index (χ0) is 18.5. The van der Waals surface area contributed by atoms with Gasteiger partial charge in [-0.15, -0.1) is 5.10 Å². The summed E-state index contributed by atoms with van der Waals surface area (Å²) in [5.41, 5.74) is 1.23. The van der Waals surface area contributed by atoms with Gasteiger partial charge in [0.2, 0.25) is 11.1 Å². The number of hydrogen-bond donors (Lipinski definition) is 1. The van der Waals surface area contributed by atoms with Crippen molar-refractivity contribution in [2.75, 3.05) is 12.8 Å². The second kappa shape index (κ2) is 8.33. The second-order valence-electron chi connectivity index (χ2n) is 5.57. The average molecular weight is 391 g/mol. The average Bonchev–Trinajstić information content (AvgIpc) is 3.12. The lowest BCUT2D eigenvalue weighted by molar-refractivity contribution is -0.127. The fraction of sp³-hybridized carbons (Fsp3) is 0.167. The minimum absolute atomic E-state index is 0.105. The van der Waals surface area contributed by atoms with E-state index in [2.05, 4.69) is 15.2 Å². The zero-order valence-electron chi connectivity index (χ0n) is 13.9. The summed E-state index contributed by atoms with van der Waals surface area (Å²) in [6.07, 6.45) is 0.